The number of nitrogens with one attached hydrogen (secondary N) is 1. The Kier molecular flexibility index (Phi) is 5.12. The van der Waals surface area contributed by atoms with Crippen molar-refractivity contribution < 1.29 is 9.18 Å². The molecule has 0 aliphatic carbocycles. The van der Waals surface area contributed by atoms with Crippen LogP contribution in [0, 0.1) is 11.2 Å². The maximum atomic E-state index is 13.8. The second kappa shape index (κ2) is 6.51. The zero-order valence-electron chi connectivity index (χ0n) is 11.7. The molecule has 1 spiro atoms. The van der Waals surface area contributed by atoms with Crippen molar-refractivity contribution in [1.29, 1.82) is 0 Å². The summed E-state index contributed by atoms with van der Waals surface area (Å²) in [5.74, 6) is -0.730. The van der Waals surface area contributed by atoms with E-state index in [0.29, 0.717) is 11.6 Å². The topological polar surface area (TPSA) is 32.3 Å². The van der Waals surface area contributed by atoms with Crippen LogP contribution in [-0.2, 0) is 0 Å². The summed E-state index contributed by atoms with van der Waals surface area (Å²) in [6.45, 7) is 3.46. The van der Waals surface area contributed by atoms with Gasteiger partial charge in [0.25, 0.3) is 5.91 Å². The third-order valence-corrected chi connectivity index (χ3v) is 4.78. The van der Waals surface area contributed by atoms with Crippen molar-refractivity contribution in [3.05, 3.63) is 34.6 Å². The van der Waals surface area contributed by atoms with Gasteiger partial charge < -0.3 is 10.2 Å². The number of amides is 1. The molecule has 3 rings (SSSR count). The number of likely N-dealkylation sites (tertiary alicyclic amines) is 1. The molecule has 0 unspecified atom stereocenters. The van der Waals surface area contributed by atoms with Crippen molar-refractivity contribution in [1.82, 2.24) is 10.2 Å². The van der Waals surface area contributed by atoms with Crippen LogP contribution in [0.15, 0.2) is 18.2 Å². The number of rotatable bonds is 1. The van der Waals surface area contributed by atoms with Gasteiger partial charge in [-0.2, -0.15) is 0 Å². The van der Waals surface area contributed by atoms with Crippen LogP contribution >= 0.6 is 24.0 Å². The lowest BCUT2D eigenvalue weighted by Crippen LogP contribution is -2.39. The van der Waals surface area contributed by atoms with Crippen molar-refractivity contribution >= 4 is 29.9 Å². The normalized spacial score (nSPS) is 20.4. The number of halogens is 3. The number of nitrogens with zero attached hydrogens (tertiary/aromatic N) is 1. The Bertz CT molecular complexity index is 532. The molecule has 3 nitrogen and oxygen atoms in total. The number of hydrogen-bond donors (Lipinski definition) is 1. The average Bonchev–Trinajstić information content (AvgIpc) is 2.85. The van der Waals surface area contributed by atoms with Crippen molar-refractivity contribution in [3.63, 3.8) is 0 Å². The number of carbonyl (C=O) groups is 1. The molecular formula is C15H19Cl2FN2O. The summed E-state index contributed by atoms with van der Waals surface area (Å²) in [5, 5.41) is 3.74. The van der Waals surface area contributed by atoms with E-state index in [1.54, 1.807) is 4.90 Å². The van der Waals surface area contributed by atoms with Gasteiger partial charge in [-0.05, 0) is 56.0 Å². The van der Waals surface area contributed by atoms with Crippen LogP contribution in [0.25, 0.3) is 0 Å². The molecule has 2 heterocycles. The highest BCUT2D eigenvalue weighted by Crippen LogP contribution is 2.39. The van der Waals surface area contributed by atoms with Crippen molar-refractivity contribution in [2.24, 2.45) is 5.41 Å². The summed E-state index contributed by atoms with van der Waals surface area (Å²) in [7, 11) is 0. The van der Waals surface area contributed by atoms with Crippen LogP contribution in [0.3, 0.4) is 0 Å². The third kappa shape index (κ3) is 3.33. The van der Waals surface area contributed by atoms with Crippen LogP contribution in [-0.4, -0.2) is 37.0 Å². The van der Waals surface area contributed by atoms with Crippen molar-refractivity contribution in [2.45, 2.75) is 19.3 Å². The Labute approximate surface area is 135 Å². The predicted molar refractivity (Wildman–Crippen MR) is 83.7 cm³/mol. The Hall–Kier alpha value is -0.840. The Morgan fingerprint density at radius 1 is 1.29 bits per heavy atom. The van der Waals surface area contributed by atoms with Gasteiger partial charge in [0.15, 0.2) is 0 Å². The lowest BCUT2D eigenvalue weighted by atomic mass is 9.78. The van der Waals surface area contributed by atoms with E-state index in [0.717, 1.165) is 38.9 Å². The lowest BCUT2D eigenvalue weighted by Gasteiger charge is -2.33. The van der Waals surface area contributed by atoms with E-state index in [1.807, 2.05) is 0 Å². The van der Waals surface area contributed by atoms with Crippen LogP contribution in [0.1, 0.15) is 29.6 Å². The second-order valence-corrected chi connectivity index (χ2v) is 6.29. The molecule has 0 bridgehead atoms. The maximum absolute atomic E-state index is 13.8. The van der Waals surface area contributed by atoms with E-state index in [-0.39, 0.29) is 29.3 Å². The van der Waals surface area contributed by atoms with Crippen LogP contribution < -0.4 is 5.32 Å². The van der Waals surface area contributed by atoms with Gasteiger partial charge in [0, 0.05) is 18.1 Å². The standard InChI is InChI=1S/C15H18ClFN2O.ClH/c16-11-1-2-13(17)12(9-11)14(20)19-8-5-15(10-19)3-6-18-7-4-15;/h1-2,9,18H,3-8,10H2;1H. The van der Waals surface area contributed by atoms with Crippen LogP contribution in [0.2, 0.25) is 5.02 Å². The van der Waals surface area contributed by atoms with Crippen LogP contribution in [0.5, 0.6) is 0 Å². The first-order valence-corrected chi connectivity index (χ1v) is 7.43. The number of benzene rings is 1. The molecule has 0 saturated carbocycles. The maximum Gasteiger partial charge on any atom is 0.256 e. The molecule has 0 aromatic heterocycles. The Morgan fingerprint density at radius 2 is 2.00 bits per heavy atom. The van der Waals surface area contributed by atoms with Crippen molar-refractivity contribution in [3.8, 4) is 0 Å². The van der Waals surface area contributed by atoms with Gasteiger partial charge in [0.05, 0.1) is 5.56 Å². The monoisotopic (exact) mass is 332 g/mol. The smallest absolute Gasteiger partial charge is 0.256 e. The quantitative estimate of drug-likeness (QED) is 0.856. The molecule has 0 radical (unpaired) electrons. The fourth-order valence-corrected chi connectivity index (χ4v) is 3.48. The molecule has 1 N–H and O–H groups in total. The highest BCUT2D eigenvalue weighted by atomic mass is 35.5. The van der Waals surface area contributed by atoms with E-state index in [2.05, 4.69) is 5.32 Å². The number of piperidine rings is 1. The van der Waals surface area contributed by atoms with E-state index >= 15 is 0 Å². The van der Waals surface area contributed by atoms with E-state index in [4.69, 9.17) is 11.6 Å². The molecule has 2 aliphatic rings. The number of hydrogen-bond acceptors (Lipinski definition) is 2. The highest BCUT2D eigenvalue weighted by molar-refractivity contribution is 6.31. The summed E-state index contributed by atoms with van der Waals surface area (Å²) in [5.41, 5.74) is 0.319. The Balaban J connectivity index is 0.00000161. The minimum Gasteiger partial charge on any atom is -0.338 e. The minimum absolute atomic E-state index is 0. The fraction of sp³-hybridized carbons (Fsp3) is 0.533. The fourth-order valence-electron chi connectivity index (χ4n) is 3.31. The highest BCUT2D eigenvalue weighted by Gasteiger charge is 2.40. The first-order valence-electron chi connectivity index (χ1n) is 7.05. The third-order valence-electron chi connectivity index (χ3n) is 4.55. The molecule has 21 heavy (non-hydrogen) atoms. The molecule has 1 aromatic rings. The van der Waals surface area contributed by atoms with Gasteiger partial charge in [-0.15, -0.1) is 12.4 Å². The van der Waals surface area contributed by atoms with Gasteiger partial charge in [0.1, 0.15) is 5.82 Å². The minimum atomic E-state index is -0.495. The zero-order chi connectivity index (χ0) is 14.2. The van der Waals surface area contributed by atoms with Gasteiger partial charge in [-0.1, -0.05) is 11.6 Å². The summed E-state index contributed by atoms with van der Waals surface area (Å²) in [6.07, 6.45) is 3.20. The van der Waals surface area contributed by atoms with Gasteiger partial charge in [-0.3, -0.25) is 4.79 Å². The summed E-state index contributed by atoms with van der Waals surface area (Å²) >= 11 is 5.86. The van der Waals surface area contributed by atoms with E-state index in [9.17, 15) is 9.18 Å². The number of carbonyl (C=O) groups excluding carboxylic acids is 1. The largest absolute Gasteiger partial charge is 0.338 e. The molecule has 1 aromatic carbocycles. The molecule has 2 aliphatic heterocycles. The Morgan fingerprint density at radius 3 is 2.71 bits per heavy atom. The molecule has 0 atom stereocenters. The SMILES string of the molecule is Cl.O=C(c1cc(Cl)ccc1F)N1CCC2(CCNCC2)C1. The van der Waals surface area contributed by atoms with E-state index in [1.165, 1.54) is 18.2 Å². The summed E-state index contributed by atoms with van der Waals surface area (Å²) in [4.78, 5) is 14.2. The zero-order valence-corrected chi connectivity index (χ0v) is 13.3. The van der Waals surface area contributed by atoms with Gasteiger partial charge in [-0.25, -0.2) is 4.39 Å². The van der Waals surface area contributed by atoms with Gasteiger partial charge in [0.2, 0.25) is 0 Å². The van der Waals surface area contributed by atoms with E-state index < -0.39 is 5.82 Å². The first-order chi connectivity index (χ1) is 9.60. The molecule has 2 saturated heterocycles. The second-order valence-electron chi connectivity index (χ2n) is 5.85. The van der Waals surface area contributed by atoms with Gasteiger partial charge >= 0.3 is 0 Å². The molecule has 2 fully saturated rings. The lowest BCUT2D eigenvalue weighted by molar-refractivity contribution is 0.0757. The first kappa shape index (κ1) is 16.5. The molecular weight excluding hydrogens is 314 g/mol. The van der Waals surface area contributed by atoms with Crippen molar-refractivity contribution in [2.75, 3.05) is 26.2 Å². The molecule has 6 heteroatoms. The molecule has 1 amide bonds. The summed E-state index contributed by atoms with van der Waals surface area (Å²) < 4.78 is 13.8. The van der Waals surface area contributed by atoms with Crippen LogP contribution in [0.4, 0.5) is 4.39 Å². The molecule has 116 valence electrons. The predicted octanol–water partition coefficient (Wildman–Crippen LogP) is 3.12. The summed E-state index contributed by atoms with van der Waals surface area (Å²) in [6, 6.07) is 4.14. The average molecular weight is 333 g/mol.